The van der Waals surface area contributed by atoms with Crippen LogP contribution in [0.5, 0.6) is 11.5 Å². The number of ether oxygens (including phenoxy) is 2. The maximum absolute atomic E-state index is 13.1. The number of fused-ring (bicyclic) bond motifs is 2. The Kier molecular flexibility index (Phi) is 9.58. The van der Waals surface area contributed by atoms with Crippen molar-refractivity contribution in [2.45, 2.75) is 40.5 Å². The second-order valence-electron chi connectivity index (χ2n) is 8.20. The van der Waals surface area contributed by atoms with Crippen molar-refractivity contribution in [3.8, 4) is 11.5 Å². The lowest BCUT2D eigenvalue weighted by atomic mass is 10.1. The van der Waals surface area contributed by atoms with Gasteiger partial charge in [0, 0.05) is 19.2 Å². The molecule has 0 amide bonds. The fourth-order valence-electron chi connectivity index (χ4n) is 4.03. The molecule has 33 heavy (non-hydrogen) atoms. The lowest BCUT2D eigenvalue weighted by Crippen LogP contribution is -2.25. The summed E-state index contributed by atoms with van der Waals surface area (Å²) in [5.41, 5.74) is 1.05. The van der Waals surface area contributed by atoms with Gasteiger partial charge in [-0.3, -0.25) is 4.79 Å². The van der Waals surface area contributed by atoms with Gasteiger partial charge in [0.1, 0.15) is 22.7 Å². The fraction of sp³-hybridized carbons (Fsp3) is 0.519. The number of hydrogen-bond donors (Lipinski definition) is 0. The van der Waals surface area contributed by atoms with Crippen LogP contribution in [0.15, 0.2) is 45.6 Å². The summed E-state index contributed by atoms with van der Waals surface area (Å²) < 4.78 is 17.8. The van der Waals surface area contributed by atoms with E-state index < -0.39 is 0 Å². The maximum Gasteiger partial charge on any atom is 0.200 e. The Balaban J connectivity index is 1.67. The minimum Gasteiger partial charge on any atom is -0.494 e. The van der Waals surface area contributed by atoms with Gasteiger partial charge in [-0.15, -0.1) is 0 Å². The molecule has 0 aliphatic rings. The summed E-state index contributed by atoms with van der Waals surface area (Å²) in [6, 6.07) is 10.9. The second-order valence-corrected chi connectivity index (χ2v) is 8.20. The van der Waals surface area contributed by atoms with E-state index in [2.05, 4.69) is 37.5 Å². The van der Waals surface area contributed by atoms with E-state index in [1.807, 2.05) is 24.3 Å². The minimum absolute atomic E-state index is 0.0482. The van der Waals surface area contributed by atoms with Crippen LogP contribution < -0.4 is 14.9 Å². The van der Waals surface area contributed by atoms with E-state index in [9.17, 15) is 4.79 Å². The first-order valence-corrected chi connectivity index (χ1v) is 12.3. The molecule has 0 saturated carbocycles. The minimum atomic E-state index is -0.0482. The van der Waals surface area contributed by atoms with Crippen LogP contribution in [-0.2, 0) is 0 Å². The van der Waals surface area contributed by atoms with Crippen LogP contribution in [0.4, 0.5) is 0 Å². The zero-order valence-electron chi connectivity index (χ0n) is 20.6. The monoisotopic (exact) mass is 454 g/mol. The zero-order chi connectivity index (χ0) is 23.6. The van der Waals surface area contributed by atoms with Gasteiger partial charge in [-0.2, -0.15) is 0 Å². The summed E-state index contributed by atoms with van der Waals surface area (Å²) in [4.78, 5) is 17.8. The molecular weight excluding hydrogens is 416 g/mol. The molecule has 0 unspecified atom stereocenters. The summed E-state index contributed by atoms with van der Waals surface area (Å²) >= 11 is 0. The van der Waals surface area contributed by atoms with Gasteiger partial charge in [0.25, 0.3) is 0 Å². The molecule has 3 aromatic rings. The van der Waals surface area contributed by atoms with Gasteiger partial charge in [0.15, 0.2) is 0 Å². The van der Waals surface area contributed by atoms with Gasteiger partial charge in [0.2, 0.25) is 5.43 Å². The van der Waals surface area contributed by atoms with Crippen molar-refractivity contribution in [1.29, 1.82) is 0 Å². The molecule has 180 valence electrons. The Labute approximate surface area is 197 Å². The van der Waals surface area contributed by atoms with Crippen LogP contribution in [0.25, 0.3) is 21.9 Å². The number of rotatable bonds is 14. The Morgan fingerprint density at radius 3 is 1.82 bits per heavy atom. The molecule has 0 aliphatic carbocycles. The van der Waals surface area contributed by atoms with E-state index in [1.165, 1.54) is 0 Å². The molecule has 0 bridgehead atoms. The van der Waals surface area contributed by atoms with Gasteiger partial charge in [-0.25, -0.2) is 0 Å². The van der Waals surface area contributed by atoms with Crippen LogP contribution in [0.1, 0.15) is 40.5 Å². The normalized spacial score (nSPS) is 11.7. The molecule has 0 spiro atoms. The first-order valence-electron chi connectivity index (χ1n) is 12.3. The Morgan fingerprint density at radius 1 is 0.697 bits per heavy atom. The summed E-state index contributed by atoms with van der Waals surface area (Å²) in [6.07, 6.45) is 1.91. The van der Waals surface area contributed by atoms with Gasteiger partial charge in [0.05, 0.1) is 24.0 Å². The lowest BCUT2D eigenvalue weighted by Gasteiger charge is -2.17. The lowest BCUT2D eigenvalue weighted by molar-refractivity contribution is 0.249. The highest BCUT2D eigenvalue weighted by Crippen LogP contribution is 2.25. The molecule has 2 aromatic carbocycles. The molecule has 0 atom stereocenters. The molecule has 0 N–H and O–H groups in total. The van der Waals surface area contributed by atoms with E-state index in [4.69, 9.17) is 13.9 Å². The van der Waals surface area contributed by atoms with E-state index in [-0.39, 0.29) is 5.43 Å². The predicted molar refractivity (Wildman–Crippen MR) is 136 cm³/mol. The molecule has 0 radical (unpaired) electrons. The third-order valence-corrected chi connectivity index (χ3v) is 6.18. The molecule has 1 heterocycles. The highest BCUT2D eigenvalue weighted by molar-refractivity contribution is 5.90. The van der Waals surface area contributed by atoms with Gasteiger partial charge < -0.3 is 23.7 Å². The Bertz CT molecular complexity index is 1070. The summed E-state index contributed by atoms with van der Waals surface area (Å²) in [7, 11) is 0. The van der Waals surface area contributed by atoms with Crippen LogP contribution in [-0.4, -0.2) is 62.3 Å². The van der Waals surface area contributed by atoms with Crippen LogP contribution >= 0.6 is 0 Å². The van der Waals surface area contributed by atoms with Gasteiger partial charge in [-0.1, -0.05) is 27.7 Å². The molecule has 6 heteroatoms. The average molecular weight is 455 g/mol. The van der Waals surface area contributed by atoms with E-state index >= 15 is 0 Å². The topological polar surface area (TPSA) is 55.1 Å². The third kappa shape index (κ3) is 6.71. The van der Waals surface area contributed by atoms with Crippen molar-refractivity contribution in [2.24, 2.45) is 0 Å². The Hall–Kier alpha value is -2.57. The summed E-state index contributed by atoms with van der Waals surface area (Å²) in [6.45, 7) is 16.1. The van der Waals surface area contributed by atoms with Crippen molar-refractivity contribution >= 4 is 21.9 Å². The largest absolute Gasteiger partial charge is 0.494 e. The van der Waals surface area contributed by atoms with E-state index in [0.29, 0.717) is 40.9 Å². The quantitative estimate of drug-likeness (QED) is 0.247. The van der Waals surface area contributed by atoms with Crippen LogP contribution in [0.3, 0.4) is 0 Å². The van der Waals surface area contributed by atoms with Crippen molar-refractivity contribution in [1.82, 2.24) is 9.80 Å². The highest BCUT2D eigenvalue weighted by Gasteiger charge is 2.11. The van der Waals surface area contributed by atoms with Crippen molar-refractivity contribution in [3.63, 3.8) is 0 Å². The first kappa shape index (κ1) is 25.1. The maximum atomic E-state index is 13.1. The third-order valence-electron chi connectivity index (χ3n) is 6.18. The molecule has 6 nitrogen and oxygen atoms in total. The summed E-state index contributed by atoms with van der Waals surface area (Å²) in [5.74, 6) is 1.42. The number of hydrogen-bond acceptors (Lipinski definition) is 6. The predicted octanol–water partition coefficient (Wildman–Crippen LogP) is 5.17. The van der Waals surface area contributed by atoms with Crippen LogP contribution in [0.2, 0.25) is 0 Å². The smallest absolute Gasteiger partial charge is 0.200 e. The highest BCUT2D eigenvalue weighted by atomic mass is 16.5. The molecular formula is C27H38N2O4. The van der Waals surface area contributed by atoms with Crippen molar-refractivity contribution in [2.75, 3.05) is 52.5 Å². The van der Waals surface area contributed by atoms with Gasteiger partial charge >= 0.3 is 0 Å². The fourth-order valence-corrected chi connectivity index (χ4v) is 4.03. The summed E-state index contributed by atoms with van der Waals surface area (Å²) in [5, 5.41) is 1.09. The van der Waals surface area contributed by atoms with Crippen LogP contribution in [0, 0.1) is 0 Å². The Morgan fingerprint density at radius 2 is 1.24 bits per heavy atom. The zero-order valence-corrected chi connectivity index (χ0v) is 20.6. The molecule has 0 saturated heterocycles. The molecule has 3 rings (SSSR count). The molecule has 1 aromatic heterocycles. The van der Waals surface area contributed by atoms with Crippen molar-refractivity contribution < 1.29 is 13.9 Å². The second kappa shape index (κ2) is 12.6. The van der Waals surface area contributed by atoms with Crippen molar-refractivity contribution in [3.05, 3.63) is 46.6 Å². The molecule has 0 aliphatic heterocycles. The van der Waals surface area contributed by atoms with Gasteiger partial charge in [-0.05, 0) is 69.4 Å². The van der Waals surface area contributed by atoms with E-state index in [0.717, 1.165) is 57.9 Å². The van der Waals surface area contributed by atoms with E-state index in [1.54, 1.807) is 12.1 Å². The number of nitrogens with zero attached hydrogens (tertiary/aromatic N) is 2. The number of benzene rings is 2. The molecule has 0 fully saturated rings. The average Bonchev–Trinajstić information content (AvgIpc) is 2.84. The SMILES string of the molecule is CCN(CC)CCCOc1ccc2c(=O)c3cc(OCCCN(CC)CC)ccc3oc2c1. The first-order chi connectivity index (χ1) is 16.1. The standard InChI is InChI=1S/C27H38N2O4/c1-5-28(6-2)15-9-17-31-21-12-14-25-24(19-21)27(30)23-13-11-22(20-26(23)33-25)32-18-10-16-29(7-3)8-4/h11-14,19-20H,5-10,15-18H2,1-4H3.